The van der Waals surface area contributed by atoms with Gasteiger partial charge in [-0.1, -0.05) is 60.7 Å². The lowest BCUT2D eigenvalue weighted by Crippen LogP contribution is -2.58. The van der Waals surface area contributed by atoms with E-state index in [-0.39, 0.29) is 5.54 Å². The SMILES string of the molecule is CC(N1CCOCC1)C(C)(C)NCCCCC(C#N)(c1ccccc1)c1ccccc1. The van der Waals surface area contributed by atoms with Crippen molar-refractivity contribution in [3.63, 3.8) is 0 Å². The highest BCUT2D eigenvalue weighted by molar-refractivity contribution is 5.45. The third kappa shape index (κ3) is 5.74. The van der Waals surface area contributed by atoms with Crippen molar-refractivity contribution in [3.05, 3.63) is 71.8 Å². The first kappa shape index (κ1) is 23.5. The molecule has 0 amide bonds. The Bertz CT molecular complexity index is 783. The second kappa shape index (κ2) is 10.9. The molecule has 1 fully saturated rings. The fraction of sp³-hybridized carbons (Fsp3) is 0.519. The number of unbranched alkanes of at least 4 members (excludes halogenated alkanes) is 1. The van der Waals surface area contributed by atoms with Gasteiger partial charge < -0.3 is 10.1 Å². The molecule has 1 unspecified atom stereocenters. The molecule has 2 aromatic rings. The van der Waals surface area contributed by atoms with Gasteiger partial charge in [-0.25, -0.2) is 0 Å². The molecule has 4 heteroatoms. The van der Waals surface area contributed by atoms with Crippen LogP contribution in [0.5, 0.6) is 0 Å². The molecule has 0 radical (unpaired) electrons. The van der Waals surface area contributed by atoms with Gasteiger partial charge in [-0.05, 0) is 57.7 Å². The van der Waals surface area contributed by atoms with Crippen molar-refractivity contribution in [3.8, 4) is 6.07 Å². The van der Waals surface area contributed by atoms with Crippen molar-refractivity contribution in [1.29, 1.82) is 5.26 Å². The van der Waals surface area contributed by atoms with Crippen LogP contribution in [0, 0.1) is 11.3 Å². The number of hydrogen-bond donors (Lipinski definition) is 1. The minimum atomic E-state index is -0.598. The Morgan fingerprint density at radius 1 is 0.968 bits per heavy atom. The quantitative estimate of drug-likeness (QED) is 0.564. The highest BCUT2D eigenvalue weighted by atomic mass is 16.5. The van der Waals surface area contributed by atoms with E-state index in [1.54, 1.807) is 0 Å². The van der Waals surface area contributed by atoms with E-state index < -0.39 is 5.41 Å². The Hall–Kier alpha value is -2.19. The smallest absolute Gasteiger partial charge is 0.107 e. The number of hydrogen-bond acceptors (Lipinski definition) is 4. The molecule has 0 bridgehead atoms. The van der Waals surface area contributed by atoms with Crippen LogP contribution >= 0.6 is 0 Å². The maximum absolute atomic E-state index is 10.3. The van der Waals surface area contributed by atoms with E-state index >= 15 is 0 Å². The minimum absolute atomic E-state index is 0.0303. The monoisotopic (exact) mass is 419 g/mol. The highest BCUT2D eigenvalue weighted by Crippen LogP contribution is 2.36. The number of ether oxygens (including phenoxy) is 1. The number of morpholine rings is 1. The van der Waals surface area contributed by atoms with Crippen LogP contribution in [0.3, 0.4) is 0 Å². The first-order valence-electron chi connectivity index (χ1n) is 11.6. The summed E-state index contributed by atoms with van der Waals surface area (Å²) in [4.78, 5) is 2.52. The Balaban J connectivity index is 1.59. The summed E-state index contributed by atoms with van der Waals surface area (Å²) in [7, 11) is 0. The molecule has 1 atom stereocenters. The third-order valence-corrected chi connectivity index (χ3v) is 6.92. The lowest BCUT2D eigenvalue weighted by Gasteiger charge is -2.42. The standard InChI is InChI=1S/C27H37N3O/c1-23(30-18-20-31-21-19-30)26(2,3)29-17-11-10-16-27(22-28,24-12-6-4-7-13-24)25-14-8-5-9-15-25/h4-9,12-15,23,29H,10-11,16-21H2,1-3H3. The van der Waals surface area contributed by atoms with E-state index in [1.807, 2.05) is 36.4 Å². The molecule has 1 heterocycles. The van der Waals surface area contributed by atoms with E-state index in [0.29, 0.717) is 6.04 Å². The zero-order valence-corrected chi connectivity index (χ0v) is 19.3. The Morgan fingerprint density at radius 2 is 1.52 bits per heavy atom. The zero-order valence-electron chi connectivity index (χ0n) is 19.3. The second-order valence-corrected chi connectivity index (χ2v) is 9.18. The first-order chi connectivity index (χ1) is 15.0. The van der Waals surface area contributed by atoms with Crippen molar-refractivity contribution in [2.75, 3.05) is 32.8 Å². The molecule has 0 saturated carbocycles. The molecule has 2 aromatic carbocycles. The average Bonchev–Trinajstić information content (AvgIpc) is 2.83. The van der Waals surface area contributed by atoms with Crippen LogP contribution in [-0.2, 0) is 10.2 Å². The zero-order chi connectivity index (χ0) is 22.2. The van der Waals surface area contributed by atoms with Crippen LogP contribution < -0.4 is 5.32 Å². The van der Waals surface area contributed by atoms with Gasteiger partial charge in [0.25, 0.3) is 0 Å². The van der Waals surface area contributed by atoms with Gasteiger partial charge in [-0.15, -0.1) is 0 Å². The number of nitriles is 1. The van der Waals surface area contributed by atoms with Gasteiger partial charge in [-0.3, -0.25) is 4.90 Å². The summed E-state index contributed by atoms with van der Waals surface area (Å²) in [5.74, 6) is 0. The molecule has 1 N–H and O–H groups in total. The fourth-order valence-corrected chi connectivity index (χ4v) is 4.58. The van der Waals surface area contributed by atoms with Crippen molar-refractivity contribution >= 4 is 0 Å². The minimum Gasteiger partial charge on any atom is -0.379 e. The van der Waals surface area contributed by atoms with E-state index in [0.717, 1.165) is 63.2 Å². The molecule has 0 aliphatic carbocycles. The van der Waals surface area contributed by atoms with Crippen molar-refractivity contribution in [2.45, 2.75) is 57.0 Å². The Labute approximate surface area is 188 Å². The molecule has 0 spiro atoms. The van der Waals surface area contributed by atoms with Crippen LogP contribution in [0.4, 0.5) is 0 Å². The van der Waals surface area contributed by atoms with Gasteiger partial charge in [-0.2, -0.15) is 5.26 Å². The summed E-state index contributed by atoms with van der Waals surface area (Å²) < 4.78 is 5.50. The van der Waals surface area contributed by atoms with Gasteiger partial charge in [0.2, 0.25) is 0 Å². The molecule has 1 saturated heterocycles. The van der Waals surface area contributed by atoms with Crippen LogP contribution in [0.25, 0.3) is 0 Å². The van der Waals surface area contributed by atoms with Crippen LogP contribution in [0.15, 0.2) is 60.7 Å². The third-order valence-electron chi connectivity index (χ3n) is 6.92. The van der Waals surface area contributed by atoms with Gasteiger partial charge in [0, 0.05) is 24.7 Å². The fourth-order valence-electron chi connectivity index (χ4n) is 4.58. The molecule has 4 nitrogen and oxygen atoms in total. The molecule has 166 valence electrons. The van der Waals surface area contributed by atoms with Crippen molar-refractivity contribution in [1.82, 2.24) is 10.2 Å². The summed E-state index contributed by atoms with van der Waals surface area (Å²) in [6.07, 6.45) is 2.85. The number of nitrogens with zero attached hydrogens (tertiary/aromatic N) is 2. The summed E-state index contributed by atoms with van der Waals surface area (Å²) in [6.45, 7) is 11.5. The van der Waals surface area contributed by atoms with E-state index in [1.165, 1.54) is 0 Å². The van der Waals surface area contributed by atoms with E-state index in [2.05, 4.69) is 61.3 Å². The Morgan fingerprint density at radius 3 is 2.03 bits per heavy atom. The van der Waals surface area contributed by atoms with Crippen molar-refractivity contribution < 1.29 is 4.74 Å². The second-order valence-electron chi connectivity index (χ2n) is 9.18. The van der Waals surface area contributed by atoms with Gasteiger partial charge in [0.05, 0.1) is 19.3 Å². The van der Waals surface area contributed by atoms with E-state index in [4.69, 9.17) is 4.74 Å². The molecule has 31 heavy (non-hydrogen) atoms. The van der Waals surface area contributed by atoms with Gasteiger partial charge >= 0.3 is 0 Å². The topological polar surface area (TPSA) is 48.3 Å². The number of rotatable bonds is 10. The average molecular weight is 420 g/mol. The molecule has 0 aromatic heterocycles. The predicted molar refractivity (Wildman–Crippen MR) is 127 cm³/mol. The molecular weight excluding hydrogens is 382 g/mol. The first-order valence-corrected chi connectivity index (χ1v) is 11.6. The summed E-state index contributed by atoms with van der Waals surface area (Å²) in [5, 5.41) is 14.1. The van der Waals surface area contributed by atoms with E-state index in [9.17, 15) is 5.26 Å². The number of benzene rings is 2. The normalized spacial score (nSPS) is 16.6. The van der Waals surface area contributed by atoms with Gasteiger partial charge in [0.1, 0.15) is 5.41 Å². The summed E-state index contributed by atoms with van der Waals surface area (Å²) in [6, 6.07) is 23.6. The van der Waals surface area contributed by atoms with Crippen molar-refractivity contribution in [2.24, 2.45) is 0 Å². The predicted octanol–water partition coefficient (Wildman–Crippen LogP) is 4.76. The maximum atomic E-state index is 10.3. The molecular formula is C27H37N3O. The lowest BCUT2D eigenvalue weighted by atomic mass is 9.72. The number of nitrogens with one attached hydrogen (secondary N) is 1. The largest absolute Gasteiger partial charge is 0.379 e. The molecule has 1 aliphatic rings. The molecule has 3 rings (SSSR count). The highest BCUT2D eigenvalue weighted by Gasteiger charge is 2.34. The van der Waals surface area contributed by atoms with Crippen LogP contribution in [0.1, 0.15) is 51.2 Å². The maximum Gasteiger partial charge on any atom is 0.107 e. The van der Waals surface area contributed by atoms with Gasteiger partial charge in [0.15, 0.2) is 0 Å². The summed E-state index contributed by atoms with van der Waals surface area (Å²) >= 11 is 0. The lowest BCUT2D eigenvalue weighted by molar-refractivity contribution is 0.00146. The van der Waals surface area contributed by atoms with Crippen LogP contribution in [0.2, 0.25) is 0 Å². The summed E-state index contributed by atoms with van der Waals surface area (Å²) in [5.41, 5.74) is 1.60. The van der Waals surface area contributed by atoms with Crippen LogP contribution in [-0.4, -0.2) is 49.3 Å². The molecule has 1 aliphatic heterocycles. The Kier molecular flexibility index (Phi) is 8.26.